The number of nitrogens with zero attached hydrogens (tertiary/aromatic N) is 1. The van der Waals surface area contributed by atoms with Gasteiger partial charge in [0.15, 0.2) is 5.60 Å². The SMILES string of the molecule is C#CC(OC=O)(C(C)(C)C)C(C)(C)C.Cc1ccc(C#Cc2ccc(N(c3ccccc3)c3ccccc3)c(C)c2)cc1. The number of hydrogen-bond acceptors (Lipinski definition) is 3. The van der Waals surface area contributed by atoms with E-state index in [-0.39, 0.29) is 10.8 Å². The molecule has 0 aliphatic carbocycles. The highest BCUT2D eigenvalue weighted by Crippen LogP contribution is 2.46. The lowest BCUT2D eigenvalue weighted by atomic mass is 9.63. The second-order valence-electron chi connectivity index (χ2n) is 12.7. The minimum absolute atomic E-state index is 0.291. The summed E-state index contributed by atoms with van der Waals surface area (Å²) in [6.07, 6.45) is 5.53. The van der Waals surface area contributed by atoms with Crippen LogP contribution in [0.15, 0.2) is 103 Å². The van der Waals surface area contributed by atoms with Gasteiger partial charge in [0.1, 0.15) is 0 Å². The summed E-state index contributed by atoms with van der Waals surface area (Å²) in [7, 11) is 0. The van der Waals surface area contributed by atoms with Crippen molar-refractivity contribution in [1.82, 2.24) is 0 Å². The van der Waals surface area contributed by atoms with Crippen molar-refractivity contribution >= 4 is 23.5 Å². The highest BCUT2D eigenvalue weighted by Gasteiger charge is 2.51. The molecular formula is C40H43NO2. The van der Waals surface area contributed by atoms with Crippen LogP contribution in [0.5, 0.6) is 0 Å². The first-order chi connectivity index (χ1) is 20.3. The van der Waals surface area contributed by atoms with E-state index >= 15 is 0 Å². The monoisotopic (exact) mass is 569 g/mol. The summed E-state index contributed by atoms with van der Waals surface area (Å²) in [6.45, 7) is 16.5. The Balaban J connectivity index is 0.000000308. The zero-order chi connectivity index (χ0) is 31.7. The summed E-state index contributed by atoms with van der Waals surface area (Å²) >= 11 is 0. The zero-order valence-corrected chi connectivity index (χ0v) is 26.7. The molecule has 0 aromatic heterocycles. The van der Waals surface area contributed by atoms with Crippen molar-refractivity contribution in [1.29, 1.82) is 0 Å². The third kappa shape index (κ3) is 7.97. The zero-order valence-electron chi connectivity index (χ0n) is 26.7. The molecule has 0 saturated heterocycles. The van der Waals surface area contributed by atoms with E-state index in [0.29, 0.717) is 6.47 Å². The molecule has 220 valence electrons. The Morgan fingerprint density at radius 1 is 0.674 bits per heavy atom. The Kier molecular flexibility index (Phi) is 10.6. The maximum Gasteiger partial charge on any atom is 0.294 e. The van der Waals surface area contributed by atoms with Crippen molar-refractivity contribution in [3.05, 3.63) is 125 Å². The Bertz CT molecular complexity index is 1530. The van der Waals surface area contributed by atoms with E-state index < -0.39 is 5.60 Å². The van der Waals surface area contributed by atoms with Gasteiger partial charge in [-0.05, 0) is 74.0 Å². The molecule has 0 heterocycles. The second kappa shape index (κ2) is 14.0. The molecule has 0 N–H and O–H groups in total. The molecule has 0 aliphatic rings. The van der Waals surface area contributed by atoms with Gasteiger partial charge < -0.3 is 9.64 Å². The maximum atomic E-state index is 10.6. The summed E-state index contributed by atoms with van der Waals surface area (Å²) in [5.41, 5.74) is 6.47. The number of carbonyl (C=O) groups is 1. The standard InChI is InChI=1S/C28H23N.C12H20O2/c1-22-13-15-24(16-14-22)17-18-25-19-20-28(23(2)21-25)29(26-9-5-3-6-10-26)27-11-7-4-8-12-27;1-8-12(14-9-13,10(2,3)4)11(5,6)7/h3-16,19-21H,1-2H3;1,9H,2-7H3. The molecule has 4 rings (SSSR count). The van der Waals surface area contributed by atoms with Gasteiger partial charge in [0, 0.05) is 39.0 Å². The molecule has 0 aliphatic heterocycles. The number of para-hydroxylation sites is 2. The van der Waals surface area contributed by atoms with Crippen LogP contribution in [-0.2, 0) is 9.53 Å². The minimum Gasteiger partial charge on any atom is -0.447 e. The summed E-state index contributed by atoms with van der Waals surface area (Å²) in [5, 5.41) is 0. The lowest BCUT2D eigenvalue weighted by Gasteiger charge is -2.47. The van der Waals surface area contributed by atoms with Gasteiger partial charge in [-0.1, -0.05) is 113 Å². The molecule has 0 amide bonds. The summed E-state index contributed by atoms with van der Waals surface area (Å²) < 4.78 is 5.19. The first-order valence-electron chi connectivity index (χ1n) is 14.5. The van der Waals surface area contributed by atoms with E-state index in [1.54, 1.807) is 0 Å². The number of hydrogen-bond donors (Lipinski definition) is 0. The number of aryl methyl sites for hydroxylation is 2. The Morgan fingerprint density at radius 3 is 1.53 bits per heavy atom. The van der Waals surface area contributed by atoms with E-state index in [9.17, 15) is 4.79 Å². The van der Waals surface area contributed by atoms with Crippen LogP contribution in [0.2, 0.25) is 0 Å². The maximum absolute atomic E-state index is 10.6. The van der Waals surface area contributed by atoms with Gasteiger partial charge in [0.05, 0.1) is 0 Å². The molecule has 0 atom stereocenters. The number of carbonyl (C=O) groups excluding carboxylic acids is 1. The quantitative estimate of drug-likeness (QED) is 0.177. The van der Waals surface area contributed by atoms with Gasteiger partial charge in [0.2, 0.25) is 0 Å². The highest BCUT2D eigenvalue weighted by molar-refractivity contribution is 5.78. The van der Waals surface area contributed by atoms with Crippen molar-refractivity contribution in [3.63, 3.8) is 0 Å². The van der Waals surface area contributed by atoms with Crippen LogP contribution in [0.25, 0.3) is 0 Å². The first-order valence-corrected chi connectivity index (χ1v) is 14.5. The van der Waals surface area contributed by atoms with Crippen LogP contribution >= 0.6 is 0 Å². The van der Waals surface area contributed by atoms with Gasteiger partial charge in [-0.25, -0.2) is 0 Å². The fourth-order valence-electron chi connectivity index (χ4n) is 5.36. The lowest BCUT2D eigenvalue weighted by molar-refractivity contribution is -0.163. The third-order valence-corrected chi connectivity index (χ3v) is 7.41. The topological polar surface area (TPSA) is 29.5 Å². The number of benzene rings is 4. The normalized spacial score (nSPS) is 11.1. The average Bonchev–Trinajstić information content (AvgIpc) is 2.97. The average molecular weight is 570 g/mol. The second-order valence-corrected chi connectivity index (χ2v) is 12.7. The predicted octanol–water partition coefficient (Wildman–Crippen LogP) is 9.80. The predicted molar refractivity (Wildman–Crippen MR) is 181 cm³/mol. The van der Waals surface area contributed by atoms with Crippen molar-refractivity contribution in [2.24, 2.45) is 10.8 Å². The van der Waals surface area contributed by atoms with E-state index in [4.69, 9.17) is 11.2 Å². The van der Waals surface area contributed by atoms with Crippen LogP contribution < -0.4 is 4.90 Å². The fourth-order valence-corrected chi connectivity index (χ4v) is 5.36. The third-order valence-electron chi connectivity index (χ3n) is 7.41. The van der Waals surface area contributed by atoms with Gasteiger partial charge >= 0.3 is 0 Å². The van der Waals surface area contributed by atoms with Crippen molar-refractivity contribution in [2.45, 2.75) is 61.0 Å². The lowest BCUT2D eigenvalue weighted by Crippen LogP contribution is -2.53. The molecule has 43 heavy (non-hydrogen) atoms. The minimum atomic E-state index is -0.873. The molecule has 0 saturated carbocycles. The van der Waals surface area contributed by atoms with E-state index in [2.05, 4.69) is 128 Å². The van der Waals surface area contributed by atoms with Crippen LogP contribution in [0, 0.1) is 48.9 Å². The van der Waals surface area contributed by atoms with E-state index in [0.717, 1.165) is 28.2 Å². The van der Waals surface area contributed by atoms with Gasteiger partial charge in [-0.2, -0.15) is 0 Å². The number of ether oxygens (including phenoxy) is 1. The molecule has 0 fully saturated rings. The van der Waals surface area contributed by atoms with Crippen molar-refractivity contribution in [2.75, 3.05) is 4.90 Å². The fraction of sp³-hybridized carbons (Fsp3) is 0.275. The van der Waals surface area contributed by atoms with Crippen LogP contribution in [0.1, 0.15) is 63.8 Å². The highest BCUT2D eigenvalue weighted by atomic mass is 16.5. The van der Waals surface area contributed by atoms with Crippen molar-refractivity contribution in [3.8, 4) is 24.2 Å². The number of rotatable bonds is 5. The van der Waals surface area contributed by atoms with Gasteiger partial charge in [0.25, 0.3) is 6.47 Å². The number of terminal acetylenes is 1. The molecule has 4 aromatic carbocycles. The Hall–Kier alpha value is -4.73. The molecule has 3 heteroatoms. The first kappa shape index (κ1) is 32.8. The molecule has 0 unspecified atom stereocenters. The van der Waals surface area contributed by atoms with E-state index in [1.165, 1.54) is 11.1 Å². The smallest absolute Gasteiger partial charge is 0.294 e. The summed E-state index contributed by atoms with van der Waals surface area (Å²) in [4.78, 5) is 12.8. The molecule has 4 aromatic rings. The summed E-state index contributed by atoms with van der Waals surface area (Å²) in [5.74, 6) is 9.21. The molecule has 3 nitrogen and oxygen atoms in total. The summed E-state index contributed by atoms with van der Waals surface area (Å²) in [6, 6.07) is 35.7. The van der Waals surface area contributed by atoms with Gasteiger partial charge in [-0.3, -0.25) is 4.79 Å². The van der Waals surface area contributed by atoms with Crippen LogP contribution in [0.4, 0.5) is 17.1 Å². The molecule has 0 spiro atoms. The Labute approximate surface area is 258 Å². The molecule has 0 radical (unpaired) electrons. The van der Waals surface area contributed by atoms with E-state index in [1.807, 2.05) is 53.7 Å². The number of anilines is 3. The van der Waals surface area contributed by atoms with Crippen LogP contribution in [-0.4, -0.2) is 12.1 Å². The largest absolute Gasteiger partial charge is 0.447 e. The Morgan fingerprint density at radius 2 is 1.14 bits per heavy atom. The van der Waals surface area contributed by atoms with Gasteiger partial charge in [-0.15, -0.1) is 6.42 Å². The van der Waals surface area contributed by atoms with Crippen molar-refractivity contribution < 1.29 is 9.53 Å². The van der Waals surface area contributed by atoms with Crippen LogP contribution in [0.3, 0.4) is 0 Å². The molecule has 0 bridgehead atoms. The molecular weight excluding hydrogens is 526 g/mol.